The van der Waals surface area contributed by atoms with Crippen molar-refractivity contribution in [2.75, 3.05) is 12.3 Å². The molecule has 5 N–H and O–H groups in total. The Labute approximate surface area is 151 Å². The van der Waals surface area contributed by atoms with E-state index in [2.05, 4.69) is 16.9 Å². The summed E-state index contributed by atoms with van der Waals surface area (Å²) in [6.45, 7) is 1.98. The first kappa shape index (κ1) is 18.6. The topological polar surface area (TPSA) is 126 Å². The summed E-state index contributed by atoms with van der Waals surface area (Å²) in [4.78, 5) is 19.2. The van der Waals surface area contributed by atoms with E-state index in [4.69, 9.17) is 10.5 Å². The number of unbranched alkanes of at least 4 members (excludes halogenated alkanes) is 3. The van der Waals surface area contributed by atoms with Crippen LogP contribution in [-0.4, -0.2) is 43.6 Å². The number of nitrogens with one attached hydrogen (secondary N) is 1. The third-order valence-corrected chi connectivity index (χ3v) is 4.65. The summed E-state index contributed by atoms with van der Waals surface area (Å²) in [6, 6.07) is 0. The minimum absolute atomic E-state index is 0.00604. The lowest BCUT2D eigenvalue weighted by Crippen LogP contribution is -2.20. The standard InChI is InChI=1S/C18H26N4O4/c1-2-3-4-5-6-7-11-9-22(17-13(24)8-12(10-23)26-17)15-14(11)16(25)21-18(19)20-15/h6-7,9,12-13,17,23-24H,2-5,8,10H2,1H3,(H3,19,20,21,25)/b7-6+/t12-,13?,17+/m0/s1. The lowest BCUT2D eigenvalue weighted by Gasteiger charge is -2.17. The van der Waals surface area contributed by atoms with Gasteiger partial charge >= 0.3 is 0 Å². The summed E-state index contributed by atoms with van der Waals surface area (Å²) in [5.41, 5.74) is 6.44. The molecule has 3 atom stereocenters. The molecular formula is C18H26N4O4. The molecule has 3 rings (SSSR count). The van der Waals surface area contributed by atoms with Crippen molar-refractivity contribution in [2.45, 2.75) is 57.5 Å². The highest BCUT2D eigenvalue weighted by Gasteiger charge is 2.36. The van der Waals surface area contributed by atoms with Gasteiger partial charge in [-0.2, -0.15) is 4.98 Å². The van der Waals surface area contributed by atoms with Crippen LogP contribution in [0.1, 0.15) is 50.8 Å². The summed E-state index contributed by atoms with van der Waals surface area (Å²) in [5.74, 6) is 0.00604. The molecule has 1 saturated heterocycles. The number of allylic oxidation sites excluding steroid dienone is 1. The molecule has 0 aliphatic carbocycles. The lowest BCUT2D eigenvalue weighted by molar-refractivity contribution is -0.0484. The minimum atomic E-state index is -0.800. The Hall–Kier alpha value is -2.16. The molecule has 2 aromatic rings. The van der Waals surface area contributed by atoms with Gasteiger partial charge in [-0.3, -0.25) is 9.78 Å². The van der Waals surface area contributed by atoms with E-state index in [-0.39, 0.29) is 18.1 Å². The molecule has 0 bridgehead atoms. The van der Waals surface area contributed by atoms with Crippen molar-refractivity contribution in [1.29, 1.82) is 0 Å². The van der Waals surface area contributed by atoms with Crippen molar-refractivity contribution >= 4 is 23.1 Å². The lowest BCUT2D eigenvalue weighted by atomic mass is 10.1. The predicted molar refractivity (Wildman–Crippen MR) is 99.6 cm³/mol. The van der Waals surface area contributed by atoms with Gasteiger partial charge in [-0.25, -0.2) is 0 Å². The number of anilines is 1. The van der Waals surface area contributed by atoms with E-state index in [1.165, 1.54) is 0 Å². The van der Waals surface area contributed by atoms with Gasteiger partial charge in [-0.1, -0.05) is 31.9 Å². The number of aromatic amines is 1. The summed E-state index contributed by atoms with van der Waals surface area (Å²) in [7, 11) is 0. The quantitative estimate of drug-likeness (QED) is 0.554. The van der Waals surface area contributed by atoms with E-state index in [0.29, 0.717) is 23.0 Å². The van der Waals surface area contributed by atoms with E-state index in [1.54, 1.807) is 10.8 Å². The number of hydrogen-bond donors (Lipinski definition) is 4. The smallest absolute Gasteiger partial charge is 0.262 e. The van der Waals surface area contributed by atoms with Crippen LogP contribution in [0.3, 0.4) is 0 Å². The van der Waals surface area contributed by atoms with Crippen LogP contribution in [0, 0.1) is 0 Å². The monoisotopic (exact) mass is 362 g/mol. The van der Waals surface area contributed by atoms with E-state index in [1.807, 2.05) is 12.2 Å². The third kappa shape index (κ3) is 3.67. The molecule has 0 aromatic carbocycles. The van der Waals surface area contributed by atoms with Gasteiger partial charge in [0.1, 0.15) is 6.10 Å². The number of aromatic nitrogens is 3. The van der Waals surface area contributed by atoms with Crippen LogP contribution >= 0.6 is 0 Å². The molecular weight excluding hydrogens is 336 g/mol. The average Bonchev–Trinajstić information content (AvgIpc) is 3.15. The number of H-pyrrole nitrogens is 1. The fraction of sp³-hybridized carbons (Fsp3) is 0.556. The fourth-order valence-electron chi connectivity index (χ4n) is 3.34. The van der Waals surface area contributed by atoms with Crippen LogP contribution in [0.25, 0.3) is 17.1 Å². The van der Waals surface area contributed by atoms with Crippen molar-refractivity contribution in [3.63, 3.8) is 0 Å². The maximum atomic E-state index is 12.4. The number of fused-ring (bicyclic) bond motifs is 1. The van der Waals surface area contributed by atoms with Crippen LogP contribution in [0.2, 0.25) is 0 Å². The van der Waals surface area contributed by atoms with Gasteiger partial charge in [0.25, 0.3) is 5.56 Å². The van der Waals surface area contributed by atoms with Crippen LogP contribution in [0.15, 0.2) is 17.1 Å². The molecule has 0 amide bonds. The molecule has 8 nitrogen and oxygen atoms in total. The van der Waals surface area contributed by atoms with E-state index in [0.717, 1.165) is 25.7 Å². The van der Waals surface area contributed by atoms with Gasteiger partial charge in [-0.05, 0) is 12.8 Å². The number of aliphatic hydroxyl groups is 2. The van der Waals surface area contributed by atoms with Crippen LogP contribution < -0.4 is 11.3 Å². The molecule has 1 aliphatic rings. The molecule has 142 valence electrons. The number of nitrogens with two attached hydrogens (primary N) is 1. The molecule has 0 saturated carbocycles. The van der Waals surface area contributed by atoms with Crippen LogP contribution in [0.4, 0.5) is 5.95 Å². The number of nitrogens with zero attached hydrogens (tertiary/aromatic N) is 2. The van der Waals surface area contributed by atoms with Gasteiger partial charge in [0.2, 0.25) is 5.95 Å². The number of rotatable bonds is 7. The molecule has 2 aromatic heterocycles. The molecule has 1 unspecified atom stereocenters. The Kier molecular flexibility index (Phi) is 5.75. The fourth-order valence-corrected chi connectivity index (χ4v) is 3.34. The highest BCUT2D eigenvalue weighted by atomic mass is 16.5. The van der Waals surface area contributed by atoms with Crippen molar-refractivity contribution in [3.05, 3.63) is 28.2 Å². The predicted octanol–water partition coefficient (Wildman–Crippen LogP) is 1.54. The highest BCUT2D eigenvalue weighted by Crippen LogP contribution is 2.32. The SMILES string of the molecule is CCCCC/C=C/c1cn([C@@H]2O[C@H](CO)CC2O)c2nc(N)[nH]c(=O)c12. The Morgan fingerprint density at radius 3 is 3.00 bits per heavy atom. The second kappa shape index (κ2) is 8.03. The largest absolute Gasteiger partial charge is 0.394 e. The Morgan fingerprint density at radius 1 is 1.50 bits per heavy atom. The maximum absolute atomic E-state index is 12.4. The van der Waals surface area contributed by atoms with Gasteiger partial charge in [0, 0.05) is 18.2 Å². The van der Waals surface area contributed by atoms with Crippen molar-refractivity contribution < 1.29 is 14.9 Å². The van der Waals surface area contributed by atoms with Crippen LogP contribution in [0.5, 0.6) is 0 Å². The number of aliphatic hydroxyl groups excluding tert-OH is 2. The first-order valence-electron chi connectivity index (χ1n) is 9.06. The molecule has 26 heavy (non-hydrogen) atoms. The summed E-state index contributed by atoms with van der Waals surface area (Å²) in [6.07, 6.45) is 8.37. The van der Waals surface area contributed by atoms with Crippen molar-refractivity contribution in [3.8, 4) is 0 Å². The Balaban J connectivity index is 2.00. The molecule has 3 heterocycles. The third-order valence-electron chi connectivity index (χ3n) is 4.65. The summed E-state index contributed by atoms with van der Waals surface area (Å²) < 4.78 is 7.35. The molecule has 1 fully saturated rings. The van der Waals surface area contributed by atoms with Gasteiger partial charge < -0.3 is 25.3 Å². The zero-order valence-corrected chi connectivity index (χ0v) is 14.9. The van der Waals surface area contributed by atoms with Gasteiger partial charge in [-0.15, -0.1) is 0 Å². The van der Waals surface area contributed by atoms with E-state index >= 15 is 0 Å². The second-order valence-electron chi connectivity index (χ2n) is 6.67. The average molecular weight is 362 g/mol. The van der Waals surface area contributed by atoms with Gasteiger partial charge in [0.15, 0.2) is 11.9 Å². The number of hydrogen-bond acceptors (Lipinski definition) is 6. The van der Waals surface area contributed by atoms with E-state index < -0.39 is 18.4 Å². The highest BCUT2D eigenvalue weighted by molar-refractivity contribution is 5.86. The van der Waals surface area contributed by atoms with Crippen molar-refractivity contribution in [1.82, 2.24) is 14.5 Å². The zero-order chi connectivity index (χ0) is 18.7. The first-order chi connectivity index (χ1) is 12.5. The normalized spacial score (nSPS) is 23.4. The number of ether oxygens (including phenoxy) is 1. The first-order valence-corrected chi connectivity index (χ1v) is 9.06. The zero-order valence-electron chi connectivity index (χ0n) is 14.9. The molecule has 8 heteroatoms. The second-order valence-corrected chi connectivity index (χ2v) is 6.67. The Bertz CT molecular complexity index is 842. The summed E-state index contributed by atoms with van der Waals surface area (Å²) >= 11 is 0. The molecule has 0 radical (unpaired) electrons. The minimum Gasteiger partial charge on any atom is -0.394 e. The van der Waals surface area contributed by atoms with E-state index in [9.17, 15) is 15.0 Å². The summed E-state index contributed by atoms with van der Waals surface area (Å²) in [5, 5.41) is 20.0. The van der Waals surface area contributed by atoms with Crippen LogP contribution in [-0.2, 0) is 4.74 Å². The van der Waals surface area contributed by atoms with Crippen molar-refractivity contribution in [2.24, 2.45) is 0 Å². The number of nitrogen functional groups attached to an aromatic ring is 1. The maximum Gasteiger partial charge on any atom is 0.262 e. The molecule has 0 spiro atoms. The Morgan fingerprint density at radius 2 is 2.31 bits per heavy atom. The van der Waals surface area contributed by atoms with Gasteiger partial charge in [0.05, 0.1) is 18.1 Å². The molecule has 1 aliphatic heterocycles.